The first-order valence-electron chi connectivity index (χ1n) is 5.32. The minimum Gasteiger partial charge on any atom is -0.353 e. The van der Waals surface area contributed by atoms with Gasteiger partial charge in [-0.05, 0) is 18.9 Å². The van der Waals surface area contributed by atoms with E-state index in [1.54, 1.807) is 17.1 Å². The Morgan fingerprint density at radius 2 is 2.33 bits per heavy atom. The molecule has 5 heteroatoms. The molecule has 2 rings (SSSR count). The van der Waals surface area contributed by atoms with Gasteiger partial charge < -0.3 is 10.6 Å². The maximum Gasteiger partial charge on any atom is 0.241 e. The first-order chi connectivity index (χ1) is 7.34. The van der Waals surface area contributed by atoms with Gasteiger partial charge in [0.2, 0.25) is 5.91 Å². The third-order valence-electron chi connectivity index (χ3n) is 2.32. The Balaban J connectivity index is 1.55. The molecule has 1 aliphatic rings. The fraction of sp³-hybridized carbons (Fsp3) is 0.600. The van der Waals surface area contributed by atoms with Gasteiger partial charge in [-0.3, -0.25) is 9.48 Å². The molecule has 5 nitrogen and oxygen atoms in total. The predicted octanol–water partition coefficient (Wildman–Crippen LogP) is -0.249. The SMILES string of the molecule is O=C(Cn1cccn1)NCCNC1CC1. The molecule has 1 fully saturated rings. The Morgan fingerprint density at radius 1 is 1.47 bits per heavy atom. The van der Waals surface area contributed by atoms with Crippen molar-refractivity contribution >= 4 is 5.91 Å². The minimum atomic E-state index is 0.0105. The van der Waals surface area contributed by atoms with Crippen molar-refractivity contribution in [2.75, 3.05) is 13.1 Å². The lowest BCUT2D eigenvalue weighted by Gasteiger charge is -2.05. The highest BCUT2D eigenvalue weighted by Gasteiger charge is 2.19. The maximum absolute atomic E-state index is 11.4. The Bertz CT molecular complexity index is 305. The van der Waals surface area contributed by atoms with Gasteiger partial charge in [0.1, 0.15) is 6.54 Å². The van der Waals surface area contributed by atoms with Crippen LogP contribution in [0.25, 0.3) is 0 Å². The fourth-order valence-electron chi connectivity index (χ4n) is 1.36. The summed E-state index contributed by atoms with van der Waals surface area (Å²) in [6, 6.07) is 2.51. The molecule has 0 atom stereocenters. The third-order valence-corrected chi connectivity index (χ3v) is 2.32. The Morgan fingerprint density at radius 3 is 3.00 bits per heavy atom. The second-order valence-electron chi connectivity index (χ2n) is 3.78. The van der Waals surface area contributed by atoms with Crippen molar-refractivity contribution in [3.63, 3.8) is 0 Å². The Kier molecular flexibility index (Phi) is 3.34. The lowest BCUT2D eigenvalue weighted by atomic mass is 10.5. The molecule has 1 aromatic rings. The van der Waals surface area contributed by atoms with Crippen LogP contribution < -0.4 is 10.6 Å². The predicted molar refractivity (Wildman–Crippen MR) is 56.3 cm³/mol. The summed E-state index contributed by atoms with van der Waals surface area (Å²) in [5.74, 6) is 0.0105. The van der Waals surface area contributed by atoms with Gasteiger partial charge in [-0.1, -0.05) is 0 Å². The molecule has 1 aromatic heterocycles. The first-order valence-corrected chi connectivity index (χ1v) is 5.32. The van der Waals surface area contributed by atoms with Crippen molar-refractivity contribution < 1.29 is 4.79 Å². The Hall–Kier alpha value is -1.36. The highest BCUT2D eigenvalue weighted by atomic mass is 16.2. The summed E-state index contributed by atoms with van der Waals surface area (Å²) in [6.07, 6.45) is 6.01. The summed E-state index contributed by atoms with van der Waals surface area (Å²) in [4.78, 5) is 11.4. The van der Waals surface area contributed by atoms with E-state index in [1.165, 1.54) is 12.8 Å². The van der Waals surface area contributed by atoms with E-state index in [-0.39, 0.29) is 5.91 Å². The van der Waals surface area contributed by atoms with E-state index in [4.69, 9.17) is 0 Å². The van der Waals surface area contributed by atoms with Crippen molar-refractivity contribution in [3.8, 4) is 0 Å². The quantitative estimate of drug-likeness (QED) is 0.634. The molecule has 0 radical (unpaired) electrons. The van der Waals surface area contributed by atoms with E-state index < -0.39 is 0 Å². The van der Waals surface area contributed by atoms with Crippen molar-refractivity contribution in [3.05, 3.63) is 18.5 Å². The highest BCUT2D eigenvalue weighted by Crippen LogP contribution is 2.17. The van der Waals surface area contributed by atoms with E-state index in [0.29, 0.717) is 19.1 Å². The number of carbonyl (C=O) groups excluding carboxylic acids is 1. The third kappa shape index (κ3) is 3.71. The van der Waals surface area contributed by atoms with Gasteiger partial charge in [0.15, 0.2) is 0 Å². The van der Waals surface area contributed by atoms with Gasteiger partial charge >= 0.3 is 0 Å². The van der Waals surface area contributed by atoms with Crippen LogP contribution in [-0.4, -0.2) is 34.8 Å². The second-order valence-corrected chi connectivity index (χ2v) is 3.78. The van der Waals surface area contributed by atoms with Gasteiger partial charge in [0.25, 0.3) is 0 Å². The van der Waals surface area contributed by atoms with E-state index in [0.717, 1.165) is 6.54 Å². The number of hydrogen-bond donors (Lipinski definition) is 2. The maximum atomic E-state index is 11.4. The molecule has 0 aliphatic heterocycles. The van der Waals surface area contributed by atoms with Crippen LogP contribution in [0.15, 0.2) is 18.5 Å². The normalized spacial score (nSPS) is 15.2. The van der Waals surface area contributed by atoms with Gasteiger partial charge in [-0.15, -0.1) is 0 Å². The van der Waals surface area contributed by atoms with Gasteiger partial charge in [-0.2, -0.15) is 5.10 Å². The van der Waals surface area contributed by atoms with Crippen LogP contribution in [0.1, 0.15) is 12.8 Å². The first kappa shape index (κ1) is 10.2. The molecule has 0 spiro atoms. The van der Waals surface area contributed by atoms with Crippen molar-refractivity contribution in [2.45, 2.75) is 25.4 Å². The van der Waals surface area contributed by atoms with Crippen LogP contribution in [0, 0.1) is 0 Å². The summed E-state index contributed by atoms with van der Waals surface area (Å²) in [5.41, 5.74) is 0. The number of hydrogen-bond acceptors (Lipinski definition) is 3. The molecular weight excluding hydrogens is 192 g/mol. The summed E-state index contributed by atoms with van der Waals surface area (Å²) in [6.45, 7) is 1.85. The largest absolute Gasteiger partial charge is 0.353 e. The number of nitrogens with zero attached hydrogens (tertiary/aromatic N) is 2. The van der Waals surface area contributed by atoms with E-state index in [1.807, 2.05) is 6.07 Å². The van der Waals surface area contributed by atoms with Gasteiger partial charge in [0.05, 0.1) is 0 Å². The lowest BCUT2D eigenvalue weighted by Crippen LogP contribution is -2.34. The number of carbonyl (C=O) groups is 1. The lowest BCUT2D eigenvalue weighted by molar-refractivity contribution is -0.121. The standard InChI is InChI=1S/C10H16N4O/c15-10(8-14-7-1-4-13-14)12-6-5-11-9-2-3-9/h1,4,7,9,11H,2-3,5-6,8H2,(H,12,15). The van der Waals surface area contributed by atoms with Crippen molar-refractivity contribution in [2.24, 2.45) is 0 Å². The van der Waals surface area contributed by atoms with Gasteiger partial charge in [0, 0.05) is 31.5 Å². The molecule has 2 N–H and O–H groups in total. The molecule has 0 bridgehead atoms. The second kappa shape index (κ2) is 4.93. The summed E-state index contributed by atoms with van der Waals surface area (Å²) < 4.78 is 1.61. The van der Waals surface area contributed by atoms with Gasteiger partial charge in [-0.25, -0.2) is 0 Å². The molecule has 15 heavy (non-hydrogen) atoms. The van der Waals surface area contributed by atoms with Crippen LogP contribution in [0.5, 0.6) is 0 Å². The fourth-order valence-corrected chi connectivity index (χ4v) is 1.36. The monoisotopic (exact) mass is 208 g/mol. The van der Waals surface area contributed by atoms with Crippen molar-refractivity contribution in [1.29, 1.82) is 0 Å². The van der Waals surface area contributed by atoms with Crippen LogP contribution in [-0.2, 0) is 11.3 Å². The summed E-state index contributed by atoms with van der Waals surface area (Å²) in [5, 5.41) is 10.1. The zero-order chi connectivity index (χ0) is 10.5. The molecule has 1 heterocycles. The van der Waals surface area contributed by atoms with E-state index in [2.05, 4.69) is 15.7 Å². The number of rotatable bonds is 6. The van der Waals surface area contributed by atoms with E-state index in [9.17, 15) is 4.79 Å². The van der Waals surface area contributed by atoms with Crippen LogP contribution in [0.2, 0.25) is 0 Å². The minimum absolute atomic E-state index is 0.0105. The average Bonchev–Trinajstić information content (AvgIpc) is 2.91. The number of nitrogens with one attached hydrogen (secondary N) is 2. The topological polar surface area (TPSA) is 59.0 Å². The molecule has 0 unspecified atom stereocenters. The molecule has 82 valence electrons. The molecule has 1 amide bonds. The summed E-state index contributed by atoms with van der Waals surface area (Å²) in [7, 11) is 0. The van der Waals surface area contributed by atoms with Crippen LogP contribution >= 0.6 is 0 Å². The van der Waals surface area contributed by atoms with Crippen LogP contribution in [0.3, 0.4) is 0 Å². The molecule has 1 saturated carbocycles. The molecule has 0 saturated heterocycles. The number of amides is 1. The summed E-state index contributed by atoms with van der Waals surface area (Å²) >= 11 is 0. The van der Waals surface area contributed by atoms with Crippen molar-refractivity contribution in [1.82, 2.24) is 20.4 Å². The zero-order valence-electron chi connectivity index (χ0n) is 8.65. The Labute approximate surface area is 88.8 Å². The highest BCUT2D eigenvalue weighted by molar-refractivity contribution is 5.75. The molecular formula is C10H16N4O. The molecule has 1 aliphatic carbocycles. The van der Waals surface area contributed by atoms with Crippen LogP contribution in [0.4, 0.5) is 0 Å². The molecule has 0 aromatic carbocycles. The zero-order valence-corrected chi connectivity index (χ0v) is 8.65. The average molecular weight is 208 g/mol. The van der Waals surface area contributed by atoms with E-state index >= 15 is 0 Å². The smallest absolute Gasteiger partial charge is 0.241 e. The number of aromatic nitrogens is 2.